The van der Waals surface area contributed by atoms with Crippen molar-refractivity contribution in [3.8, 4) is 0 Å². The first-order valence-electron chi connectivity index (χ1n) is 25.4. The fourth-order valence-corrected chi connectivity index (χ4v) is 15.0. The maximum atomic E-state index is 14.2. The molecule has 0 bridgehead atoms. The van der Waals surface area contributed by atoms with E-state index in [0.29, 0.717) is 18.4 Å². The van der Waals surface area contributed by atoms with Gasteiger partial charge in [0, 0.05) is 34.2 Å². The summed E-state index contributed by atoms with van der Waals surface area (Å²) < 4.78 is 81.3. The Morgan fingerprint density at radius 2 is 1.10 bits per heavy atom. The Balaban J connectivity index is 1.07. The van der Waals surface area contributed by atoms with Crippen LogP contribution in [0.3, 0.4) is 0 Å². The summed E-state index contributed by atoms with van der Waals surface area (Å²) in [4.78, 5) is 20.7. The number of carbonyl (C=O) groups excluding carboxylic acids is 1. The minimum Gasteiger partial charge on any atom is -0.453 e. The van der Waals surface area contributed by atoms with Gasteiger partial charge in [-0.15, -0.1) is 0 Å². The third kappa shape index (κ3) is 11.0. The van der Waals surface area contributed by atoms with Crippen LogP contribution < -0.4 is 10.4 Å². The topological polar surface area (TPSA) is 137 Å². The summed E-state index contributed by atoms with van der Waals surface area (Å²) in [5.74, 6) is -3.22. The average molecular weight is 1020 g/mol. The summed E-state index contributed by atoms with van der Waals surface area (Å²) in [6, 6.07) is 48.9. The summed E-state index contributed by atoms with van der Waals surface area (Å²) in [7, 11) is 1.59. The molecule has 15 heteroatoms. The van der Waals surface area contributed by atoms with E-state index in [1.165, 1.54) is 0 Å². The van der Waals surface area contributed by atoms with Gasteiger partial charge in [-0.1, -0.05) is 160 Å². The van der Waals surface area contributed by atoms with E-state index in [1.54, 1.807) is 45.6 Å². The van der Waals surface area contributed by atoms with Gasteiger partial charge in [-0.05, 0) is 58.4 Å². The highest BCUT2D eigenvalue weighted by Gasteiger charge is 2.68. The van der Waals surface area contributed by atoms with Gasteiger partial charge < -0.3 is 52.1 Å². The molecule has 0 amide bonds. The van der Waals surface area contributed by atoms with Crippen LogP contribution in [0.5, 0.6) is 0 Å². The highest BCUT2D eigenvalue weighted by Crippen LogP contribution is 2.52. The Hall–Kier alpha value is -4.69. The van der Waals surface area contributed by atoms with Crippen molar-refractivity contribution in [2.75, 3.05) is 27.9 Å². The van der Waals surface area contributed by atoms with Crippen molar-refractivity contribution < 1.29 is 66.4 Å². The van der Waals surface area contributed by atoms with Gasteiger partial charge in [0.25, 0.3) is 0 Å². The largest absolute Gasteiger partial charge is 0.453 e. The van der Waals surface area contributed by atoms with Crippen molar-refractivity contribution in [3.05, 3.63) is 168 Å². The molecule has 3 heterocycles. The highest BCUT2D eigenvalue weighted by atomic mass is 28.4. The fraction of sp³-hybridized carbons (Fsp3) is 0.466. The molecule has 1 saturated carbocycles. The second kappa shape index (κ2) is 23.5. The first-order valence-corrected chi connectivity index (χ1v) is 27.3. The second-order valence-electron chi connectivity index (χ2n) is 20.2. The molecule has 0 N–H and O–H groups in total. The molecular formula is C58H70O14Si. The van der Waals surface area contributed by atoms with E-state index in [9.17, 15) is 4.79 Å². The van der Waals surface area contributed by atoms with E-state index in [-0.39, 0.29) is 24.9 Å². The number of rotatable bonds is 19. The molecule has 1 aliphatic carbocycles. The predicted molar refractivity (Wildman–Crippen MR) is 273 cm³/mol. The van der Waals surface area contributed by atoms with E-state index in [0.717, 1.165) is 34.3 Å². The number of benzene rings is 5. The molecule has 0 aromatic heterocycles. The number of hydrogen-bond acceptors (Lipinski definition) is 14. The quantitative estimate of drug-likeness (QED) is 0.0339. The summed E-state index contributed by atoms with van der Waals surface area (Å²) in [5.41, 5.74) is 2.18. The second-order valence-corrected chi connectivity index (χ2v) is 24.3. The molecule has 0 radical (unpaired) electrons. The Labute approximate surface area is 430 Å². The van der Waals surface area contributed by atoms with Gasteiger partial charge in [0.1, 0.15) is 43.2 Å². The Morgan fingerprint density at radius 1 is 0.603 bits per heavy atom. The van der Waals surface area contributed by atoms with Gasteiger partial charge in [-0.25, -0.2) is 9.68 Å². The van der Waals surface area contributed by atoms with Crippen LogP contribution >= 0.6 is 0 Å². The molecule has 390 valence electrons. The number of esters is 1. The number of carbonyl (C=O) groups is 1. The minimum absolute atomic E-state index is 0.0842. The SMILES string of the molecule is CO[C@H]1O[C@H](COO[Si](c2ccccc2)(c2ccccc2)C(C)(C)C)[C@H]2O[C@@]3(OC)CCCC[C@]3(OC)O[C@@H]2[C@@H]1O[C@@H]1O[C@@H](C)[C@H](OCc2ccccc2)[C@@H](OC(=O)c2ccccc2)[C@H]1OCc1ccccc1. The standard InChI is InChI=1S/C58H70O14Si/c1-40-47(63-37-41-25-13-8-14-26-41)49(68-53(59)43-29-17-10-18-30-43)51(64-38-42-27-15-9-16-28-42)55(66-40)69-52-50-48(70-57(61-6)35-23-24-36-58(57,62-7)71-50)46(67-54(52)60-5)39-65-72-73(56(2,3)4,44-31-19-11-20-32-44)45-33-21-12-22-34-45/h8-22,25-34,40,46-52,54-55H,23-24,35-39H2,1-7H3/t40-,46+,47-,48+,49+,50-,51+,52-,54-,55-,57-,58-/m0/s1. The van der Waals surface area contributed by atoms with Crippen molar-refractivity contribution in [1.29, 1.82) is 0 Å². The zero-order valence-electron chi connectivity index (χ0n) is 42.9. The van der Waals surface area contributed by atoms with Crippen LogP contribution in [0.15, 0.2) is 152 Å². The first kappa shape index (κ1) is 53.1. The van der Waals surface area contributed by atoms with E-state index in [2.05, 4.69) is 45.0 Å². The molecule has 9 rings (SSSR count). The predicted octanol–water partition coefficient (Wildman–Crippen LogP) is 8.44. The molecule has 14 nitrogen and oxygen atoms in total. The van der Waals surface area contributed by atoms with Crippen LogP contribution in [0.2, 0.25) is 5.04 Å². The summed E-state index contributed by atoms with van der Waals surface area (Å²) >= 11 is 0. The summed E-state index contributed by atoms with van der Waals surface area (Å²) in [5, 5.41) is 1.72. The zero-order chi connectivity index (χ0) is 51.1. The molecule has 5 aromatic carbocycles. The highest BCUT2D eigenvalue weighted by molar-refractivity contribution is 6.99. The molecular weight excluding hydrogens is 949 g/mol. The van der Waals surface area contributed by atoms with E-state index < -0.39 is 87.3 Å². The number of fused-ring (bicyclic) bond motifs is 2. The Bertz CT molecular complexity index is 2450. The summed E-state index contributed by atoms with van der Waals surface area (Å²) in [6.45, 7) is 8.68. The molecule has 3 saturated heterocycles. The van der Waals surface area contributed by atoms with Gasteiger partial charge >= 0.3 is 14.3 Å². The van der Waals surface area contributed by atoms with E-state index in [4.69, 9.17) is 61.6 Å². The maximum absolute atomic E-state index is 14.2. The van der Waals surface area contributed by atoms with Crippen LogP contribution in [-0.2, 0) is 74.8 Å². The van der Waals surface area contributed by atoms with Crippen molar-refractivity contribution in [2.45, 2.75) is 145 Å². The molecule has 4 fully saturated rings. The van der Waals surface area contributed by atoms with Gasteiger partial charge in [0.15, 0.2) is 18.7 Å². The molecule has 0 spiro atoms. The average Bonchev–Trinajstić information content (AvgIpc) is 3.42. The Kier molecular flexibility index (Phi) is 17.1. The van der Waals surface area contributed by atoms with Gasteiger partial charge in [-0.2, -0.15) is 0 Å². The van der Waals surface area contributed by atoms with E-state index in [1.807, 2.05) is 110 Å². The molecule has 5 aromatic rings. The lowest BCUT2D eigenvalue weighted by Gasteiger charge is -2.60. The number of methoxy groups -OCH3 is 3. The Morgan fingerprint density at radius 3 is 1.60 bits per heavy atom. The third-order valence-electron chi connectivity index (χ3n) is 14.7. The third-order valence-corrected chi connectivity index (χ3v) is 19.4. The van der Waals surface area contributed by atoms with Crippen molar-refractivity contribution in [1.82, 2.24) is 0 Å². The number of hydrogen-bond donors (Lipinski definition) is 0. The molecule has 12 atom stereocenters. The van der Waals surface area contributed by atoms with Crippen molar-refractivity contribution in [3.63, 3.8) is 0 Å². The lowest BCUT2D eigenvalue weighted by molar-refractivity contribution is -0.503. The van der Waals surface area contributed by atoms with Crippen LogP contribution in [-0.4, -0.2) is 115 Å². The van der Waals surface area contributed by atoms with Crippen molar-refractivity contribution in [2.24, 2.45) is 0 Å². The fourth-order valence-electron chi connectivity index (χ4n) is 10.9. The summed E-state index contributed by atoms with van der Waals surface area (Å²) in [6.07, 6.45) is -7.04. The molecule has 0 unspecified atom stereocenters. The van der Waals surface area contributed by atoms with Crippen LogP contribution in [0, 0.1) is 0 Å². The number of ether oxygens (including phenoxy) is 11. The molecule has 4 aliphatic rings. The molecule has 73 heavy (non-hydrogen) atoms. The monoisotopic (exact) mass is 1020 g/mol. The first-order chi connectivity index (χ1) is 35.4. The maximum Gasteiger partial charge on any atom is 0.338 e. The van der Waals surface area contributed by atoms with E-state index >= 15 is 0 Å². The van der Waals surface area contributed by atoms with Gasteiger partial charge in [-0.3, -0.25) is 4.58 Å². The minimum atomic E-state index is -3.16. The van der Waals surface area contributed by atoms with Crippen LogP contribution in [0.1, 0.15) is 74.9 Å². The lowest BCUT2D eigenvalue weighted by Crippen LogP contribution is -2.76. The van der Waals surface area contributed by atoms with Crippen molar-refractivity contribution >= 4 is 24.7 Å². The molecule has 3 aliphatic heterocycles. The smallest absolute Gasteiger partial charge is 0.338 e. The zero-order valence-corrected chi connectivity index (χ0v) is 43.9. The van der Waals surface area contributed by atoms with Crippen LogP contribution in [0.4, 0.5) is 0 Å². The lowest BCUT2D eigenvalue weighted by atomic mass is 9.83. The van der Waals surface area contributed by atoms with Gasteiger partial charge in [0.05, 0.1) is 24.9 Å². The van der Waals surface area contributed by atoms with Crippen LogP contribution in [0.25, 0.3) is 0 Å². The van der Waals surface area contributed by atoms with Gasteiger partial charge in [0.2, 0.25) is 11.6 Å². The normalized spacial score (nSPS) is 30.5.